The molecule has 0 radical (unpaired) electrons. The molecule has 0 bridgehead atoms. The number of hydrogen-bond donors (Lipinski definition) is 6. The number of carboxylic acid groups (broad SMARTS) is 2. The zero-order chi connectivity index (χ0) is 27.8. The van der Waals surface area contributed by atoms with Crippen molar-refractivity contribution in [1.29, 1.82) is 0 Å². The van der Waals surface area contributed by atoms with Crippen LogP contribution in [-0.4, -0.2) is 92.5 Å². The third-order valence-corrected chi connectivity index (χ3v) is 7.16. The molecule has 1 aromatic carbocycles. The summed E-state index contributed by atoms with van der Waals surface area (Å²) in [7, 11) is 0. The molecule has 3 rings (SSSR count). The lowest BCUT2D eigenvalue weighted by Crippen LogP contribution is -2.57. The third kappa shape index (κ3) is 7.25. The van der Waals surface area contributed by atoms with Crippen LogP contribution in [0.15, 0.2) is 30.5 Å². The van der Waals surface area contributed by atoms with Crippen molar-refractivity contribution in [2.24, 2.45) is 5.73 Å². The molecule has 4 atom stereocenters. The van der Waals surface area contributed by atoms with Crippen molar-refractivity contribution >= 4 is 52.3 Å². The molecule has 1 aromatic heterocycles. The highest BCUT2D eigenvalue weighted by Crippen LogP contribution is 2.22. The van der Waals surface area contributed by atoms with Crippen LogP contribution in [0.25, 0.3) is 10.9 Å². The van der Waals surface area contributed by atoms with Gasteiger partial charge in [0.1, 0.15) is 18.1 Å². The number of rotatable bonds is 13. The molecule has 1 aliphatic heterocycles. The lowest BCUT2D eigenvalue weighted by Gasteiger charge is -2.29. The Morgan fingerprint density at radius 1 is 1.16 bits per heavy atom. The minimum Gasteiger partial charge on any atom is -0.481 e. The first-order valence-corrected chi connectivity index (χ1v) is 13.7. The quantitative estimate of drug-likeness (QED) is 0.205. The van der Waals surface area contributed by atoms with Crippen molar-refractivity contribution in [3.05, 3.63) is 36.0 Å². The molecule has 206 valence electrons. The van der Waals surface area contributed by atoms with E-state index in [4.69, 9.17) is 5.73 Å². The number of carbonyl (C=O) groups excluding carboxylic acids is 3. The van der Waals surface area contributed by atoms with Crippen LogP contribution < -0.4 is 16.4 Å². The highest BCUT2D eigenvalue weighted by molar-refractivity contribution is 7.98. The number of carboxylic acids is 2. The summed E-state index contributed by atoms with van der Waals surface area (Å²) in [5.41, 5.74) is 7.42. The summed E-state index contributed by atoms with van der Waals surface area (Å²) in [6.45, 7) is 0.168. The molecule has 13 heteroatoms. The van der Waals surface area contributed by atoms with Crippen LogP contribution in [0.4, 0.5) is 0 Å². The molecule has 3 amide bonds. The minimum atomic E-state index is -1.41. The van der Waals surface area contributed by atoms with Crippen molar-refractivity contribution < 1.29 is 34.2 Å². The van der Waals surface area contributed by atoms with Gasteiger partial charge in [-0.1, -0.05) is 18.2 Å². The van der Waals surface area contributed by atoms with Crippen molar-refractivity contribution in [2.45, 2.75) is 56.3 Å². The Morgan fingerprint density at radius 3 is 2.58 bits per heavy atom. The standard InChI is InChI=1S/C25H33N5O7S/c1-38-10-8-16(26)22(33)28-18(12-21(31)32)24(35)30-9-4-7-20(30)23(34)29-19(25(36)37)11-14-13-27-17-6-3-2-5-15(14)17/h2-3,5-6,13,16,18-20,27H,4,7-12,26H2,1H3,(H,28,33)(H,29,34)(H,31,32)(H,36,37). The van der Waals surface area contributed by atoms with Crippen LogP contribution in [0.2, 0.25) is 0 Å². The maximum Gasteiger partial charge on any atom is 0.326 e. The topological polar surface area (TPSA) is 195 Å². The fourth-order valence-electron chi connectivity index (χ4n) is 4.52. The first kappa shape index (κ1) is 29.0. The average Bonchev–Trinajstić information content (AvgIpc) is 3.53. The zero-order valence-electron chi connectivity index (χ0n) is 21.0. The first-order chi connectivity index (χ1) is 18.1. The van der Waals surface area contributed by atoms with E-state index in [1.807, 2.05) is 30.5 Å². The molecule has 1 fully saturated rings. The van der Waals surface area contributed by atoms with Gasteiger partial charge in [0.05, 0.1) is 12.5 Å². The smallest absolute Gasteiger partial charge is 0.326 e. The molecule has 0 aliphatic carbocycles. The third-order valence-electron chi connectivity index (χ3n) is 6.52. The fourth-order valence-corrected chi connectivity index (χ4v) is 5.01. The second-order valence-electron chi connectivity index (χ2n) is 9.20. The molecule has 0 spiro atoms. The molecule has 2 aromatic rings. The van der Waals surface area contributed by atoms with Gasteiger partial charge in [0.25, 0.3) is 0 Å². The molecule has 12 nitrogen and oxygen atoms in total. The van der Waals surface area contributed by atoms with Gasteiger partial charge in [0, 0.05) is 30.1 Å². The van der Waals surface area contributed by atoms with Gasteiger partial charge in [-0.3, -0.25) is 19.2 Å². The summed E-state index contributed by atoms with van der Waals surface area (Å²) in [5.74, 6) is -3.94. The number of likely N-dealkylation sites (tertiary alicyclic amines) is 1. The Kier molecular flexibility index (Phi) is 10.1. The van der Waals surface area contributed by atoms with E-state index in [9.17, 15) is 34.2 Å². The number of nitrogens with one attached hydrogen (secondary N) is 3. The summed E-state index contributed by atoms with van der Waals surface area (Å²) in [5, 5.41) is 24.9. The molecular formula is C25H33N5O7S. The van der Waals surface area contributed by atoms with Crippen LogP contribution in [0.5, 0.6) is 0 Å². The lowest BCUT2D eigenvalue weighted by molar-refractivity contribution is -0.147. The number of benzene rings is 1. The molecule has 0 saturated carbocycles. The Balaban J connectivity index is 1.71. The first-order valence-electron chi connectivity index (χ1n) is 12.3. The van der Waals surface area contributed by atoms with Gasteiger partial charge >= 0.3 is 11.9 Å². The molecule has 38 heavy (non-hydrogen) atoms. The Hall–Kier alpha value is -3.58. The summed E-state index contributed by atoms with van der Waals surface area (Å²) in [6.07, 6.45) is 3.99. The van der Waals surface area contributed by atoms with Crippen molar-refractivity contribution in [1.82, 2.24) is 20.5 Å². The van der Waals surface area contributed by atoms with Crippen LogP contribution in [-0.2, 0) is 30.4 Å². The Morgan fingerprint density at radius 2 is 1.89 bits per heavy atom. The van der Waals surface area contributed by atoms with E-state index in [0.29, 0.717) is 18.6 Å². The van der Waals surface area contributed by atoms with Gasteiger partial charge in [-0.15, -0.1) is 0 Å². The van der Waals surface area contributed by atoms with Crippen LogP contribution in [0.3, 0.4) is 0 Å². The molecule has 2 heterocycles. The summed E-state index contributed by atoms with van der Waals surface area (Å²) in [4.78, 5) is 66.6. The second kappa shape index (κ2) is 13.3. The molecular weight excluding hydrogens is 514 g/mol. The van der Waals surface area contributed by atoms with Gasteiger partial charge < -0.3 is 36.5 Å². The highest BCUT2D eigenvalue weighted by Gasteiger charge is 2.39. The predicted molar refractivity (Wildman–Crippen MR) is 141 cm³/mol. The number of aromatic nitrogens is 1. The summed E-state index contributed by atoms with van der Waals surface area (Å²) >= 11 is 1.50. The number of fused-ring (bicyclic) bond motifs is 1. The summed E-state index contributed by atoms with van der Waals surface area (Å²) in [6, 6.07) is 2.83. The number of nitrogens with zero attached hydrogens (tertiary/aromatic N) is 1. The van der Waals surface area contributed by atoms with E-state index in [1.54, 1.807) is 6.20 Å². The lowest BCUT2D eigenvalue weighted by atomic mass is 10.0. The average molecular weight is 548 g/mol. The second-order valence-corrected chi connectivity index (χ2v) is 10.2. The maximum absolute atomic E-state index is 13.3. The number of hydrogen-bond acceptors (Lipinski definition) is 7. The molecule has 7 N–H and O–H groups in total. The zero-order valence-corrected chi connectivity index (χ0v) is 21.8. The number of aliphatic carboxylic acids is 2. The van der Waals surface area contributed by atoms with E-state index in [2.05, 4.69) is 15.6 Å². The van der Waals surface area contributed by atoms with Crippen molar-refractivity contribution in [3.8, 4) is 0 Å². The monoisotopic (exact) mass is 547 g/mol. The minimum absolute atomic E-state index is 0.0252. The van der Waals surface area contributed by atoms with Crippen LogP contribution in [0, 0.1) is 0 Å². The van der Waals surface area contributed by atoms with Gasteiger partial charge in [0.2, 0.25) is 17.7 Å². The number of amides is 3. The number of para-hydroxylation sites is 1. The van der Waals surface area contributed by atoms with Gasteiger partial charge in [-0.2, -0.15) is 11.8 Å². The molecule has 1 aliphatic rings. The SMILES string of the molecule is CSCCC(N)C(=O)NC(CC(=O)O)C(=O)N1CCCC1C(=O)NC(Cc1c[nH]c2ccccc12)C(=O)O. The number of thioether (sulfide) groups is 1. The highest BCUT2D eigenvalue weighted by atomic mass is 32.2. The maximum atomic E-state index is 13.3. The van der Waals surface area contributed by atoms with E-state index in [0.717, 1.165) is 16.5 Å². The summed E-state index contributed by atoms with van der Waals surface area (Å²) < 4.78 is 0. The number of H-pyrrole nitrogens is 1. The Labute approximate surface area is 223 Å². The molecule has 4 unspecified atom stereocenters. The van der Waals surface area contributed by atoms with Crippen LogP contribution >= 0.6 is 11.8 Å². The van der Waals surface area contributed by atoms with E-state index in [-0.39, 0.29) is 19.4 Å². The number of aromatic amines is 1. The van der Waals surface area contributed by atoms with Crippen LogP contribution in [0.1, 0.15) is 31.2 Å². The Bertz CT molecular complexity index is 1190. The number of carbonyl (C=O) groups is 5. The van der Waals surface area contributed by atoms with E-state index < -0.39 is 60.2 Å². The van der Waals surface area contributed by atoms with E-state index >= 15 is 0 Å². The van der Waals surface area contributed by atoms with E-state index in [1.165, 1.54) is 16.7 Å². The number of nitrogens with two attached hydrogens (primary N) is 1. The van der Waals surface area contributed by atoms with Gasteiger partial charge in [-0.25, -0.2) is 4.79 Å². The normalized spacial score (nSPS) is 17.5. The van der Waals surface area contributed by atoms with Gasteiger partial charge in [-0.05, 0) is 42.9 Å². The van der Waals surface area contributed by atoms with Gasteiger partial charge in [0.15, 0.2) is 0 Å². The van der Waals surface area contributed by atoms with Crippen molar-refractivity contribution in [3.63, 3.8) is 0 Å². The fraction of sp³-hybridized carbons (Fsp3) is 0.480. The molecule has 1 saturated heterocycles. The largest absolute Gasteiger partial charge is 0.481 e. The van der Waals surface area contributed by atoms with Crippen molar-refractivity contribution in [2.75, 3.05) is 18.6 Å². The predicted octanol–water partition coefficient (Wildman–Crippen LogP) is 0.311.